The first-order valence-electron chi connectivity index (χ1n) is 6.12. The van der Waals surface area contributed by atoms with Crippen LogP contribution in [0, 0.1) is 0 Å². The first kappa shape index (κ1) is 14.8. The first-order chi connectivity index (χ1) is 9.10. The minimum atomic E-state index is 0.843. The van der Waals surface area contributed by atoms with E-state index in [4.69, 9.17) is 4.74 Å². The fourth-order valence-electron chi connectivity index (χ4n) is 1.67. The van der Waals surface area contributed by atoms with Gasteiger partial charge in [0.1, 0.15) is 5.75 Å². The molecule has 0 heterocycles. The van der Waals surface area contributed by atoms with Crippen LogP contribution >= 0.6 is 0 Å². The highest BCUT2D eigenvalue weighted by atomic mass is 16.5. The van der Waals surface area contributed by atoms with Gasteiger partial charge in [-0.1, -0.05) is 43.5 Å². The van der Waals surface area contributed by atoms with Crippen molar-refractivity contribution in [1.82, 2.24) is 0 Å². The van der Waals surface area contributed by atoms with Crippen LogP contribution in [0.1, 0.15) is 6.92 Å². The lowest BCUT2D eigenvalue weighted by Gasteiger charge is -2.19. The predicted molar refractivity (Wildman–Crippen MR) is 83.6 cm³/mol. The summed E-state index contributed by atoms with van der Waals surface area (Å²) in [4.78, 5) is 2.02. The Morgan fingerprint density at radius 2 is 2.00 bits per heavy atom. The van der Waals surface area contributed by atoms with Gasteiger partial charge in [0.2, 0.25) is 0 Å². The van der Waals surface area contributed by atoms with Crippen LogP contribution < -0.4 is 9.64 Å². The zero-order valence-electron chi connectivity index (χ0n) is 11.9. The highest BCUT2D eigenvalue weighted by molar-refractivity contribution is 5.61. The van der Waals surface area contributed by atoms with Gasteiger partial charge in [-0.3, -0.25) is 0 Å². The van der Waals surface area contributed by atoms with Crippen LogP contribution in [0.5, 0.6) is 5.75 Å². The van der Waals surface area contributed by atoms with Crippen molar-refractivity contribution in [2.75, 3.05) is 19.1 Å². The van der Waals surface area contributed by atoms with Gasteiger partial charge >= 0.3 is 0 Å². The van der Waals surface area contributed by atoms with Gasteiger partial charge in [0, 0.05) is 13.2 Å². The molecule has 0 unspecified atom stereocenters. The van der Waals surface area contributed by atoms with Crippen molar-refractivity contribution in [3.63, 3.8) is 0 Å². The summed E-state index contributed by atoms with van der Waals surface area (Å²) in [6, 6.07) is 7.90. The molecule has 0 bridgehead atoms. The second-order valence-corrected chi connectivity index (χ2v) is 4.24. The molecule has 0 aliphatic rings. The zero-order chi connectivity index (χ0) is 14.3. The molecule has 0 fully saturated rings. The number of allylic oxidation sites excluding steroid dienone is 5. The Hall–Kier alpha value is -2.22. The Balaban J connectivity index is 3.10. The molecule has 0 amide bonds. The maximum Gasteiger partial charge on any atom is 0.142 e. The lowest BCUT2D eigenvalue weighted by atomic mass is 10.1. The van der Waals surface area contributed by atoms with E-state index < -0.39 is 0 Å². The monoisotopic (exact) mass is 255 g/mol. The molecule has 0 aliphatic heterocycles. The van der Waals surface area contributed by atoms with Crippen molar-refractivity contribution in [3.05, 3.63) is 73.0 Å². The van der Waals surface area contributed by atoms with Crippen molar-refractivity contribution in [1.29, 1.82) is 0 Å². The Kier molecular flexibility index (Phi) is 5.68. The van der Waals surface area contributed by atoms with Crippen molar-refractivity contribution in [2.45, 2.75) is 6.92 Å². The van der Waals surface area contributed by atoms with Crippen LogP contribution in [0.25, 0.3) is 0 Å². The third-order valence-electron chi connectivity index (χ3n) is 2.70. The van der Waals surface area contributed by atoms with Crippen LogP contribution in [-0.2, 0) is 0 Å². The molecule has 0 aliphatic carbocycles. The van der Waals surface area contributed by atoms with Crippen molar-refractivity contribution in [2.24, 2.45) is 0 Å². The van der Waals surface area contributed by atoms with E-state index >= 15 is 0 Å². The maximum absolute atomic E-state index is 5.36. The number of nitrogens with zero attached hydrogens (tertiary/aromatic N) is 1. The molecule has 0 atom stereocenters. The van der Waals surface area contributed by atoms with Gasteiger partial charge in [-0.15, -0.1) is 0 Å². The van der Waals surface area contributed by atoms with Crippen LogP contribution in [-0.4, -0.2) is 14.2 Å². The smallest absolute Gasteiger partial charge is 0.142 e. The maximum atomic E-state index is 5.36. The summed E-state index contributed by atoms with van der Waals surface area (Å²) < 4.78 is 5.36. The number of anilines is 1. The van der Waals surface area contributed by atoms with Crippen molar-refractivity contribution < 1.29 is 4.74 Å². The molecule has 1 aromatic rings. The third-order valence-corrected chi connectivity index (χ3v) is 2.70. The van der Waals surface area contributed by atoms with E-state index in [-0.39, 0.29) is 0 Å². The Bertz CT molecular complexity index is 512. The topological polar surface area (TPSA) is 12.5 Å². The lowest BCUT2D eigenvalue weighted by molar-refractivity contribution is 0.415. The minimum Gasteiger partial charge on any atom is -0.495 e. The van der Waals surface area contributed by atoms with Gasteiger partial charge in [0.05, 0.1) is 12.8 Å². The normalized spacial score (nSPS) is 11.4. The molecule has 1 rings (SSSR count). The highest BCUT2D eigenvalue weighted by Gasteiger charge is 2.05. The van der Waals surface area contributed by atoms with Crippen LogP contribution in [0.4, 0.5) is 5.69 Å². The molecule has 2 heteroatoms. The average Bonchev–Trinajstić information content (AvgIpc) is 2.42. The molecule has 0 N–H and O–H groups in total. The van der Waals surface area contributed by atoms with E-state index in [1.165, 1.54) is 0 Å². The number of benzene rings is 1. The number of ether oxygens (including phenoxy) is 1. The second-order valence-electron chi connectivity index (χ2n) is 4.24. The molecule has 0 radical (unpaired) electrons. The molecule has 2 nitrogen and oxygen atoms in total. The Labute approximate surface area is 116 Å². The van der Waals surface area contributed by atoms with E-state index in [2.05, 4.69) is 13.2 Å². The minimum absolute atomic E-state index is 0.843. The Morgan fingerprint density at radius 1 is 1.32 bits per heavy atom. The quantitative estimate of drug-likeness (QED) is 0.701. The van der Waals surface area contributed by atoms with Crippen LogP contribution in [0.15, 0.2) is 73.0 Å². The predicted octanol–water partition coefficient (Wildman–Crippen LogP) is 4.33. The standard InChI is InChI=1S/C17H21NO/c1-6-7-10-15(14(2)3)13-18(4)16-11-8-9-12-17(16)19-5/h6-13H,1-2H2,3-5H3/b10-7-,15-13+. The summed E-state index contributed by atoms with van der Waals surface area (Å²) in [5.41, 5.74) is 3.06. The Morgan fingerprint density at radius 3 is 2.58 bits per heavy atom. The molecule has 0 saturated heterocycles. The number of methoxy groups -OCH3 is 1. The van der Waals surface area contributed by atoms with Crippen LogP contribution in [0.2, 0.25) is 0 Å². The number of hydrogen-bond donors (Lipinski definition) is 0. The summed E-state index contributed by atoms with van der Waals surface area (Å²) in [7, 11) is 3.66. The average molecular weight is 255 g/mol. The van der Waals surface area contributed by atoms with Gasteiger partial charge in [-0.2, -0.15) is 0 Å². The zero-order valence-corrected chi connectivity index (χ0v) is 11.9. The lowest BCUT2D eigenvalue weighted by Crippen LogP contribution is -2.10. The van der Waals surface area contributed by atoms with E-state index in [0.717, 1.165) is 22.6 Å². The number of para-hydroxylation sites is 2. The molecular weight excluding hydrogens is 234 g/mol. The summed E-state index contributed by atoms with van der Waals surface area (Å²) in [6.07, 6.45) is 7.66. The van der Waals surface area contributed by atoms with E-state index in [1.807, 2.05) is 61.5 Å². The number of rotatable bonds is 6. The molecule has 1 aromatic carbocycles. The molecular formula is C17H21NO. The first-order valence-corrected chi connectivity index (χ1v) is 6.12. The SMILES string of the molecule is C=C/C=C\C(=C/N(C)c1ccccc1OC)C(=C)C. The van der Waals surface area contributed by atoms with Gasteiger partial charge < -0.3 is 9.64 Å². The summed E-state index contributed by atoms with van der Waals surface area (Å²) in [6.45, 7) is 9.65. The summed E-state index contributed by atoms with van der Waals surface area (Å²) in [5, 5.41) is 0. The van der Waals surface area contributed by atoms with E-state index in [0.29, 0.717) is 0 Å². The largest absolute Gasteiger partial charge is 0.495 e. The molecule has 0 aromatic heterocycles. The van der Waals surface area contributed by atoms with Crippen molar-refractivity contribution in [3.8, 4) is 5.75 Å². The molecule has 0 spiro atoms. The summed E-state index contributed by atoms with van der Waals surface area (Å²) in [5.74, 6) is 0.843. The summed E-state index contributed by atoms with van der Waals surface area (Å²) >= 11 is 0. The second kappa shape index (κ2) is 7.27. The molecule has 0 saturated carbocycles. The highest BCUT2D eigenvalue weighted by Crippen LogP contribution is 2.27. The van der Waals surface area contributed by atoms with Gasteiger partial charge in [-0.05, 0) is 30.2 Å². The van der Waals surface area contributed by atoms with Gasteiger partial charge in [0.25, 0.3) is 0 Å². The van der Waals surface area contributed by atoms with E-state index in [9.17, 15) is 0 Å². The fourth-order valence-corrected chi connectivity index (χ4v) is 1.67. The molecule has 100 valence electrons. The van der Waals surface area contributed by atoms with Crippen molar-refractivity contribution >= 4 is 5.69 Å². The number of hydrogen-bond acceptors (Lipinski definition) is 2. The van der Waals surface area contributed by atoms with Gasteiger partial charge in [0.15, 0.2) is 0 Å². The van der Waals surface area contributed by atoms with E-state index in [1.54, 1.807) is 13.2 Å². The van der Waals surface area contributed by atoms with Gasteiger partial charge in [-0.25, -0.2) is 0 Å². The van der Waals surface area contributed by atoms with Crippen LogP contribution in [0.3, 0.4) is 0 Å². The fraction of sp³-hybridized carbons (Fsp3) is 0.176. The third kappa shape index (κ3) is 4.18. The molecule has 19 heavy (non-hydrogen) atoms.